The van der Waals surface area contributed by atoms with Crippen molar-refractivity contribution in [2.24, 2.45) is 0 Å². The fourth-order valence-electron chi connectivity index (χ4n) is 4.37. The minimum Gasteiger partial charge on any atom is -0.208 e. The number of rotatable bonds is 3. The van der Waals surface area contributed by atoms with Crippen molar-refractivity contribution in [3.05, 3.63) is 114 Å². The van der Waals surface area contributed by atoms with Crippen molar-refractivity contribution in [1.29, 1.82) is 0 Å². The van der Waals surface area contributed by atoms with Crippen LogP contribution in [0, 0.1) is 0 Å². The van der Waals surface area contributed by atoms with Crippen molar-refractivity contribution in [2.45, 2.75) is 0 Å². The molecule has 0 radical (unpaired) electrons. The highest BCUT2D eigenvalue weighted by Gasteiger charge is 2.15. The van der Waals surface area contributed by atoms with E-state index in [1.54, 1.807) is 0 Å². The van der Waals surface area contributed by atoms with Gasteiger partial charge in [-0.05, 0) is 44.3 Å². The van der Waals surface area contributed by atoms with Crippen molar-refractivity contribution >= 4 is 33.1 Å². The number of aromatic nitrogens is 3. The molecule has 1 heterocycles. The molecule has 33 heavy (non-hydrogen) atoms. The molecule has 0 aliphatic heterocycles. The maximum Gasteiger partial charge on any atom is 0.226 e. The van der Waals surface area contributed by atoms with Crippen molar-refractivity contribution in [1.82, 2.24) is 15.0 Å². The van der Waals surface area contributed by atoms with E-state index >= 15 is 0 Å². The summed E-state index contributed by atoms with van der Waals surface area (Å²) in [5.74, 6) is 1.12. The minimum absolute atomic E-state index is 0.177. The summed E-state index contributed by atoms with van der Waals surface area (Å²) in [4.78, 5) is 13.9. The Morgan fingerprint density at radius 3 is 1.91 bits per heavy atom. The Bertz CT molecular complexity index is 1630. The van der Waals surface area contributed by atoms with Crippen LogP contribution in [0.4, 0.5) is 0 Å². The molecule has 0 bridgehead atoms. The van der Waals surface area contributed by atoms with Gasteiger partial charge < -0.3 is 0 Å². The molecule has 1 aromatic heterocycles. The molecule has 0 N–H and O–H groups in total. The van der Waals surface area contributed by atoms with Gasteiger partial charge in [0.25, 0.3) is 0 Å². The van der Waals surface area contributed by atoms with Crippen LogP contribution in [-0.4, -0.2) is 15.0 Å². The Morgan fingerprint density at radius 2 is 1.06 bits per heavy atom. The smallest absolute Gasteiger partial charge is 0.208 e. The molecule has 0 saturated carbocycles. The van der Waals surface area contributed by atoms with E-state index in [-0.39, 0.29) is 5.28 Å². The Labute approximate surface area is 196 Å². The summed E-state index contributed by atoms with van der Waals surface area (Å²) in [6.45, 7) is 0. The lowest BCUT2D eigenvalue weighted by Crippen LogP contribution is -1.99. The molecule has 6 aromatic rings. The Hall–Kier alpha value is -4.08. The first-order valence-corrected chi connectivity index (χ1v) is 11.1. The van der Waals surface area contributed by atoms with E-state index in [9.17, 15) is 0 Å². The van der Waals surface area contributed by atoms with Gasteiger partial charge in [0.05, 0.1) is 0 Å². The zero-order chi connectivity index (χ0) is 22.2. The summed E-state index contributed by atoms with van der Waals surface area (Å²) in [7, 11) is 0. The summed E-state index contributed by atoms with van der Waals surface area (Å²) in [5.41, 5.74) is 4.00. The Morgan fingerprint density at radius 1 is 0.424 bits per heavy atom. The van der Waals surface area contributed by atoms with Crippen molar-refractivity contribution < 1.29 is 0 Å². The topological polar surface area (TPSA) is 38.7 Å². The van der Waals surface area contributed by atoms with Crippen LogP contribution >= 0.6 is 11.6 Å². The number of halogens is 1. The molecular formula is C29H18ClN3. The maximum absolute atomic E-state index is 6.43. The fraction of sp³-hybridized carbons (Fsp3) is 0. The lowest BCUT2D eigenvalue weighted by Gasteiger charge is -2.12. The van der Waals surface area contributed by atoms with Crippen LogP contribution in [0.3, 0.4) is 0 Å². The van der Waals surface area contributed by atoms with E-state index in [0.717, 1.165) is 33.0 Å². The van der Waals surface area contributed by atoms with Gasteiger partial charge in [0.15, 0.2) is 11.6 Å². The van der Waals surface area contributed by atoms with E-state index in [4.69, 9.17) is 16.6 Å². The second-order valence-electron chi connectivity index (χ2n) is 7.85. The van der Waals surface area contributed by atoms with Gasteiger partial charge in [0, 0.05) is 11.1 Å². The highest BCUT2D eigenvalue weighted by atomic mass is 35.5. The average Bonchev–Trinajstić information content (AvgIpc) is 2.88. The number of hydrogen-bond acceptors (Lipinski definition) is 3. The molecule has 0 spiro atoms. The Kier molecular flexibility index (Phi) is 4.82. The zero-order valence-electron chi connectivity index (χ0n) is 17.6. The monoisotopic (exact) mass is 443 g/mol. The standard InChI is InChI=1S/C29H18ClN3/c30-29-32-27(25-14-7-6-13-22(25)19-9-2-1-3-10-19)31-28(33-29)26-16-8-15-23-21-12-5-4-11-20(21)17-18-24(23)26/h1-18H. The second kappa shape index (κ2) is 8.12. The quantitative estimate of drug-likeness (QED) is 0.261. The van der Waals surface area contributed by atoms with Gasteiger partial charge in [-0.1, -0.05) is 109 Å². The van der Waals surface area contributed by atoms with Crippen molar-refractivity contribution in [2.75, 3.05) is 0 Å². The number of benzene rings is 5. The summed E-state index contributed by atoms with van der Waals surface area (Å²) >= 11 is 6.43. The first kappa shape index (κ1) is 19.6. The normalized spacial score (nSPS) is 11.2. The predicted octanol–water partition coefficient (Wildman–Crippen LogP) is 7.83. The molecule has 0 aliphatic rings. The van der Waals surface area contributed by atoms with Gasteiger partial charge in [-0.25, -0.2) is 4.98 Å². The van der Waals surface area contributed by atoms with Crippen LogP contribution in [0.15, 0.2) is 109 Å². The summed E-state index contributed by atoms with van der Waals surface area (Å²) < 4.78 is 0. The van der Waals surface area contributed by atoms with Gasteiger partial charge in [-0.15, -0.1) is 0 Å². The average molecular weight is 444 g/mol. The SMILES string of the molecule is Clc1nc(-c2ccccc2-c2ccccc2)nc(-c2cccc3c2ccc2ccccc23)n1. The first-order valence-electron chi connectivity index (χ1n) is 10.8. The van der Waals surface area contributed by atoms with Gasteiger partial charge in [-0.3, -0.25) is 0 Å². The molecule has 0 fully saturated rings. The predicted molar refractivity (Wildman–Crippen MR) is 136 cm³/mol. The van der Waals surface area contributed by atoms with Crippen molar-refractivity contribution in [3.8, 4) is 33.9 Å². The molecule has 0 atom stereocenters. The largest absolute Gasteiger partial charge is 0.226 e. The van der Waals surface area contributed by atoms with Crippen LogP contribution in [0.2, 0.25) is 5.28 Å². The van der Waals surface area contributed by atoms with Crippen LogP contribution in [0.5, 0.6) is 0 Å². The van der Waals surface area contributed by atoms with Crippen LogP contribution in [0.1, 0.15) is 0 Å². The molecular weight excluding hydrogens is 426 g/mol. The van der Waals surface area contributed by atoms with E-state index < -0.39 is 0 Å². The fourth-order valence-corrected chi connectivity index (χ4v) is 4.53. The molecule has 0 aliphatic carbocycles. The molecule has 0 unspecified atom stereocenters. The third-order valence-electron chi connectivity index (χ3n) is 5.89. The molecule has 4 heteroatoms. The van der Waals surface area contributed by atoms with Gasteiger partial charge in [0.1, 0.15) is 0 Å². The molecule has 0 saturated heterocycles. The third-order valence-corrected chi connectivity index (χ3v) is 6.06. The van der Waals surface area contributed by atoms with E-state index in [1.165, 1.54) is 10.8 Å². The number of fused-ring (bicyclic) bond motifs is 3. The molecule has 3 nitrogen and oxygen atoms in total. The van der Waals surface area contributed by atoms with Gasteiger partial charge >= 0.3 is 0 Å². The first-order chi connectivity index (χ1) is 16.3. The highest BCUT2D eigenvalue weighted by molar-refractivity contribution is 6.28. The molecule has 156 valence electrons. The Balaban J connectivity index is 1.56. The number of nitrogens with zero attached hydrogens (tertiary/aromatic N) is 3. The second-order valence-corrected chi connectivity index (χ2v) is 8.19. The zero-order valence-corrected chi connectivity index (χ0v) is 18.4. The molecule has 5 aromatic carbocycles. The summed E-state index contributed by atoms with van der Waals surface area (Å²) in [6, 6.07) is 37.2. The van der Waals surface area contributed by atoms with Crippen LogP contribution < -0.4 is 0 Å². The third kappa shape index (κ3) is 3.53. The van der Waals surface area contributed by atoms with Gasteiger partial charge in [-0.2, -0.15) is 9.97 Å². The maximum atomic E-state index is 6.43. The molecule has 6 rings (SSSR count). The van der Waals surface area contributed by atoms with Crippen LogP contribution in [-0.2, 0) is 0 Å². The highest BCUT2D eigenvalue weighted by Crippen LogP contribution is 2.34. The summed E-state index contributed by atoms with van der Waals surface area (Å²) in [6.07, 6.45) is 0. The van der Waals surface area contributed by atoms with E-state index in [0.29, 0.717) is 11.6 Å². The van der Waals surface area contributed by atoms with E-state index in [1.807, 2.05) is 48.5 Å². The van der Waals surface area contributed by atoms with Crippen molar-refractivity contribution in [3.63, 3.8) is 0 Å². The molecule has 0 amide bonds. The van der Waals surface area contributed by atoms with Gasteiger partial charge in [0.2, 0.25) is 5.28 Å². The lowest BCUT2D eigenvalue weighted by atomic mass is 9.97. The van der Waals surface area contributed by atoms with Crippen LogP contribution in [0.25, 0.3) is 55.4 Å². The van der Waals surface area contributed by atoms with E-state index in [2.05, 4.69) is 70.6 Å². The summed E-state index contributed by atoms with van der Waals surface area (Å²) in [5, 5.41) is 4.82. The minimum atomic E-state index is 0.177. The lowest BCUT2D eigenvalue weighted by molar-refractivity contribution is 1.07. The number of hydrogen-bond donors (Lipinski definition) is 0.